The Morgan fingerprint density at radius 3 is 2.79 bits per heavy atom. The quantitative estimate of drug-likeness (QED) is 0.654. The first-order valence-electron chi connectivity index (χ1n) is 6.37. The van der Waals surface area contributed by atoms with Crippen LogP contribution < -0.4 is 0 Å². The predicted octanol–water partition coefficient (Wildman–Crippen LogP) is 1.05. The predicted molar refractivity (Wildman–Crippen MR) is 68.0 cm³/mol. The van der Waals surface area contributed by atoms with Crippen molar-refractivity contribution in [3.05, 3.63) is 11.6 Å². The van der Waals surface area contributed by atoms with Gasteiger partial charge in [-0.05, 0) is 12.5 Å². The van der Waals surface area contributed by atoms with Gasteiger partial charge in [-0.3, -0.25) is 9.59 Å². The van der Waals surface area contributed by atoms with Gasteiger partial charge in [0.25, 0.3) is 0 Å². The molecule has 5 heteroatoms. The Hall–Kier alpha value is -1.67. The number of ether oxygens (including phenoxy) is 1. The highest BCUT2D eigenvalue weighted by Crippen LogP contribution is 2.41. The number of allylic oxidation sites excluding steroid dienone is 1. The SMILES string of the molecule is CC(=O)N1CCOC2(C=C(C#N)C(=O)C(C)(C)C2)C1. The minimum atomic E-state index is -0.702. The number of hydrogen-bond acceptors (Lipinski definition) is 4. The monoisotopic (exact) mass is 262 g/mol. The lowest BCUT2D eigenvalue weighted by Gasteiger charge is -2.46. The zero-order chi connectivity index (χ0) is 14.3. The maximum absolute atomic E-state index is 12.1. The number of hydrogen-bond donors (Lipinski definition) is 0. The molecule has 1 saturated heterocycles. The fraction of sp³-hybridized carbons (Fsp3) is 0.643. The number of rotatable bonds is 0. The highest BCUT2D eigenvalue weighted by atomic mass is 16.5. The molecule has 5 nitrogen and oxygen atoms in total. The van der Waals surface area contributed by atoms with E-state index in [2.05, 4.69) is 0 Å². The third-order valence-corrected chi connectivity index (χ3v) is 3.78. The number of morpholine rings is 1. The summed E-state index contributed by atoms with van der Waals surface area (Å²) in [5, 5.41) is 9.11. The second-order valence-corrected chi connectivity index (χ2v) is 5.91. The molecule has 1 atom stereocenters. The van der Waals surface area contributed by atoms with E-state index in [0.717, 1.165) is 0 Å². The fourth-order valence-corrected chi connectivity index (χ4v) is 2.93. The molecule has 1 aliphatic carbocycles. The van der Waals surface area contributed by atoms with Crippen LogP contribution in [-0.2, 0) is 14.3 Å². The smallest absolute Gasteiger partial charge is 0.219 e. The van der Waals surface area contributed by atoms with E-state index < -0.39 is 11.0 Å². The van der Waals surface area contributed by atoms with Crippen molar-refractivity contribution in [2.45, 2.75) is 32.8 Å². The van der Waals surface area contributed by atoms with Crippen molar-refractivity contribution in [1.82, 2.24) is 4.90 Å². The molecule has 2 aliphatic rings. The molecular weight excluding hydrogens is 244 g/mol. The topological polar surface area (TPSA) is 70.4 Å². The first-order valence-corrected chi connectivity index (χ1v) is 6.37. The van der Waals surface area contributed by atoms with Crippen LogP contribution in [0.1, 0.15) is 27.2 Å². The van der Waals surface area contributed by atoms with Crippen molar-refractivity contribution in [3.8, 4) is 6.07 Å². The normalized spacial score (nSPS) is 29.9. The number of carbonyl (C=O) groups is 2. The highest BCUT2D eigenvalue weighted by Gasteiger charge is 2.48. The summed E-state index contributed by atoms with van der Waals surface area (Å²) in [5.74, 6) is -0.159. The molecule has 0 aromatic heterocycles. The number of ketones is 1. The molecule has 0 bridgehead atoms. The van der Waals surface area contributed by atoms with Gasteiger partial charge in [-0.1, -0.05) is 13.8 Å². The van der Waals surface area contributed by atoms with E-state index in [9.17, 15) is 9.59 Å². The van der Waals surface area contributed by atoms with Gasteiger partial charge < -0.3 is 9.64 Å². The lowest BCUT2D eigenvalue weighted by atomic mass is 9.69. The summed E-state index contributed by atoms with van der Waals surface area (Å²) < 4.78 is 5.83. The van der Waals surface area contributed by atoms with Gasteiger partial charge in [0.05, 0.1) is 18.7 Å². The third kappa shape index (κ3) is 2.41. The number of Topliss-reactive ketones (excluding diaryl/α,β-unsaturated/α-hetero) is 1. The van der Waals surface area contributed by atoms with Crippen LogP contribution in [0.3, 0.4) is 0 Å². The Morgan fingerprint density at radius 1 is 1.53 bits per heavy atom. The van der Waals surface area contributed by atoms with Crippen LogP contribution in [0.4, 0.5) is 0 Å². The largest absolute Gasteiger partial charge is 0.367 e. The molecule has 1 fully saturated rings. The minimum Gasteiger partial charge on any atom is -0.367 e. The van der Waals surface area contributed by atoms with Gasteiger partial charge in [0.15, 0.2) is 5.78 Å². The van der Waals surface area contributed by atoms with Crippen LogP contribution in [0.15, 0.2) is 11.6 Å². The Morgan fingerprint density at radius 2 is 2.21 bits per heavy atom. The maximum Gasteiger partial charge on any atom is 0.219 e. The van der Waals surface area contributed by atoms with Gasteiger partial charge in [0, 0.05) is 18.9 Å². The van der Waals surface area contributed by atoms with Crippen LogP contribution in [0.5, 0.6) is 0 Å². The van der Waals surface area contributed by atoms with Gasteiger partial charge in [0.2, 0.25) is 5.91 Å². The molecule has 19 heavy (non-hydrogen) atoms. The first-order chi connectivity index (χ1) is 8.80. The zero-order valence-corrected chi connectivity index (χ0v) is 11.5. The molecule has 102 valence electrons. The van der Waals surface area contributed by atoms with Gasteiger partial charge in [-0.15, -0.1) is 0 Å². The summed E-state index contributed by atoms with van der Waals surface area (Å²) in [5.41, 5.74) is -1.20. The number of nitrogens with zero attached hydrogens (tertiary/aromatic N) is 2. The standard InChI is InChI=1S/C14H18N2O3/c1-10(17)16-4-5-19-14(9-16)6-11(7-15)12(18)13(2,3)8-14/h6H,4-5,8-9H2,1-3H3. The molecule has 1 aliphatic heterocycles. The van der Waals surface area contributed by atoms with Gasteiger partial charge >= 0.3 is 0 Å². The van der Waals surface area contributed by atoms with Crippen molar-refractivity contribution in [2.24, 2.45) is 5.41 Å². The number of carbonyl (C=O) groups excluding carboxylic acids is 2. The summed E-state index contributed by atoms with van der Waals surface area (Å²) in [4.78, 5) is 25.3. The second kappa shape index (κ2) is 4.46. The van der Waals surface area contributed by atoms with E-state index >= 15 is 0 Å². The van der Waals surface area contributed by atoms with Crippen molar-refractivity contribution in [1.29, 1.82) is 5.26 Å². The molecule has 1 spiro atoms. The third-order valence-electron chi connectivity index (χ3n) is 3.78. The molecule has 1 amide bonds. The van der Waals surface area contributed by atoms with Crippen molar-refractivity contribution < 1.29 is 14.3 Å². The summed E-state index contributed by atoms with van der Waals surface area (Å²) in [6.07, 6.45) is 2.10. The molecule has 0 aromatic carbocycles. The lowest BCUT2D eigenvalue weighted by molar-refractivity contribution is -0.149. The molecule has 0 saturated carbocycles. The van der Waals surface area contributed by atoms with E-state index in [0.29, 0.717) is 26.1 Å². The van der Waals surface area contributed by atoms with Crippen LogP contribution in [0.2, 0.25) is 0 Å². The van der Waals surface area contributed by atoms with E-state index in [4.69, 9.17) is 10.00 Å². The molecular formula is C14H18N2O3. The van der Waals surface area contributed by atoms with E-state index in [1.165, 1.54) is 6.92 Å². The lowest BCUT2D eigenvalue weighted by Crippen LogP contribution is -2.56. The molecule has 1 heterocycles. The van der Waals surface area contributed by atoms with Crippen molar-refractivity contribution in [2.75, 3.05) is 19.7 Å². The average Bonchev–Trinajstić information content (AvgIpc) is 2.33. The molecule has 2 rings (SSSR count). The summed E-state index contributed by atoms with van der Waals surface area (Å²) in [6.45, 7) is 6.55. The Balaban J connectivity index is 2.38. The molecule has 0 aromatic rings. The van der Waals surface area contributed by atoms with Crippen LogP contribution >= 0.6 is 0 Å². The summed E-state index contributed by atoms with van der Waals surface area (Å²) in [6, 6.07) is 1.95. The van der Waals surface area contributed by atoms with E-state index in [1.807, 2.05) is 19.9 Å². The average molecular weight is 262 g/mol. The number of nitriles is 1. The maximum atomic E-state index is 12.1. The Kier molecular flexibility index (Phi) is 3.23. The molecule has 1 unspecified atom stereocenters. The van der Waals surface area contributed by atoms with Crippen molar-refractivity contribution >= 4 is 11.7 Å². The van der Waals surface area contributed by atoms with Crippen LogP contribution in [0, 0.1) is 16.7 Å². The Labute approximate surface area is 112 Å². The highest BCUT2D eigenvalue weighted by molar-refractivity contribution is 6.04. The molecule has 0 radical (unpaired) electrons. The fourth-order valence-electron chi connectivity index (χ4n) is 2.93. The summed E-state index contributed by atoms with van der Waals surface area (Å²) >= 11 is 0. The van der Waals surface area contributed by atoms with Gasteiger partial charge in [-0.25, -0.2) is 0 Å². The molecule has 0 N–H and O–H groups in total. The number of amides is 1. The van der Waals surface area contributed by atoms with Crippen LogP contribution in [0.25, 0.3) is 0 Å². The second-order valence-electron chi connectivity index (χ2n) is 5.91. The summed E-state index contributed by atoms with van der Waals surface area (Å²) in [7, 11) is 0. The van der Waals surface area contributed by atoms with E-state index in [1.54, 1.807) is 11.0 Å². The van der Waals surface area contributed by atoms with Gasteiger partial charge in [0.1, 0.15) is 11.7 Å². The Bertz CT molecular complexity index is 501. The van der Waals surface area contributed by atoms with E-state index in [-0.39, 0.29) is 17.3 Å². The zero-order valence-electron chi connectivity index (χ0n) is 11.5. The van der Waals surface area contributed by atoms with Crippen LogP contribution in [-0.4, -0.2) is 41.9 Å². The van der Waals surface area contributed by atoms with Gasteiger partial charge in [-0.2, -0.15) is 5.26 Å². The van der Waals surface area contributed by atoms with Crippen molar-refractivity contribution in [3.63, 3.8) is 0 Å². The minimum absolute atomic E-state index is 0.00992. The first kappa shape index (κ1) is 13.8.